The number of hydrogen-bond donors (Lipinski definition) is 12. The Kier molecular flexibility index (Phi) is 25.6. The van der Waals surface area contributed by atoms with Gasteiger partial charge in [0.25, 0.3) is 7.82 Å². The molecule has 0 spiro atoms. The number of nitrogens with two attached hydrogens (primary N) is 7. The Bertz CT molecular complexity index is 4330. The number of ether oxygens (including phenoxy) is 2. The number of nitrogens with zero attached hydrogens (tertiary/aromatic N) is 8. The maximum atomic E-state index is 14.4. The number of carbonyl (C=O) groups is 7. The molecule has 9 heterocycles. The molecular weight excluding hydrogens is 1450 g/mol. The van der Waals surface area contributed by atoms with E-state index >= 15 is 0 Å². The van der Waals surface area contributed by atoms with E-state index in [2.05, 4.69) is 22.2 Å². The van der Waals surface area contributed by atoms with Crippen LogP contribution in [0, 0.1) is 66.1 Å². The molecule has 10 rings (SSSR count). The van der Waals surface area contributed by atoms with Crippen LogP contribution in [0.15, 0.2) is 84.8 Å². The van der Waals surface area contributed by atoms with Gasteiger partial charge in [0.1, 0.15) is 30.2 Å². The standard InChI is InChI=1S/C62H90N13O14P.C9H12N3O4.Co/c1-29-20-39-40(21-30(29)2)75(28-70-39)57-52(84)53(41(27-76)87-57)89-90(85,86)88-31(3)26-69-49(83)18-19-59(8)37(22-46(66)80)56-62(11)61(10,25-48(68)82)36(14-17-45(65)79)51(74-62)33(5)55-60(9,24-47(67)81)34(12-15-43(63)77)38(71-55)23-42-58(6,7)35(13-16-44(64)78)50(72-42)32(4)54(59)73-56;1-4-6(13)7(14)8(16-4)12-3-2-5(10)11-9(12)15;/h20-21,23,28,31,34-37,41,52-53,56-57,76,84H,12-19,22,24-27H2,1-11H3,(H15,63,64,65,66,67,68,69,71,72,73,74,77,78,79,80,81,82,83,85,86);2-4,6-8,13-14H,1H2,(H2,10,11,15);/q;-1;+2/p-2. The summed E-state index contributed by atoms with van der Waals surface area (Å²) in [5, 5.41) is 49.2. The molecule has 1 aromatic carbocycles. The Morgan fingerprint density at radius 3 is 1.93 bits per heavy atom. The molecule has 0 saturated carbocycles. The van der Waals surface area contributed by atoms with Crippen molar-refractivity contribution in [2.45, 2.75) is 214 Å². The zero-order chi connectivity index (χ0) is 78.6. The number of amides is 7. The van der Waals surface area contributed by atoms with E-state index in [1.807, 2.05) is 80.5 Å². The van der Waals surface area contributed by atoms with E-state index in [1.54, 1.807) is 6.92 Å². The number of aliphatic imine (C=N–C) groups is 3. The summed E-state index contributed by atoms with van der Waals surface area (Å²) in [6.07, 6.45) is -7.56. The number of nitrogens with one attached hydrogen (secondary N) is 1. The first kappa shape index (κ1) is 84.7. The summed E-state index contributed by atoms with van der Waals surface area (Å²) in [5.41, 5.74) is 41.3. The van der Waals surface area contributed by atoms with Gasteiger partial charge in [0.2, 0.25) is 41.4 Å². The van der Waals surface area contributed by atoms with E-state index in [4.69, 9.17) is 79.0 Å². The molecule has 34 nitrogen and oxygen atoms in total. The maximum Gasteiger partial charge on any atom is 2.00 e. The van der Waals surface area contributed by atoms with Crippen molar-refractivity contribution in [3.05, 3.63) is 98.9 Å². The number of phosphoric acid groups is 1. The molecule has 19 N–H and O–H groups in total. The van der Waals surface area contributed by atoms with Crippen molar-refractivity contribution in [3.63, 3.8) is 0 Å². The number of primary amides is 6. The van der Waals surface area contributed by atoms with Crippen LogP contribution in [0.1, 0.15) is 157 Å². The molecule has 1 radical (unpaired) electrons. The van der Waals surface area contributed by atoms with Gasteiger partial charge >= 0.3 is 22.5 Å². The van der Waals surface area contributed by atoms with Crippen molar-refractivity contribution >= 4 is 83.2 Å². The minimum atomic E-state index is -5.32. The van der Waals surface area contributed by atoms with Crippen molar-refractivity contribution in [1.29, 1.82) is 0 Å². The second kappa shape index (κ2) is 32.3. The van der Waals surface area contributed by atoms with E-state index in [-0.39, 0.29) is 99.8 Å². The van der Waals surface area contributed by atoms with Gasteiger partial charge in [-0.2, -0.15) is 10.7 Å². The normalized spacial score (nSPS) is 32.1. The first-order valence-electron chi connectivity index (χ1n) is 35.2. The van der Waals surface area contributed by atoms with Gasteiger partial charge in [-0.25, -0.2) is 9.78 Å². The predicted octanol–water partition coefficient (Wildman–Crippen LogP) is 1.59. The summed E-state index contributed by atoms with van der Waals surface area (Å²) in [7, 11) is -5.32. The third-order valence-electron chi connectivity index (χ3n) is 22.9. The minimum Gasteiger partial charge on any atom is -0.756 e. The van der Waals surface area contributed by atoms with E-state index in [0.29, 0.717) is 56.4 Å². The molecule has 3 aromatic rings. The van der Waals surface area contributed by atoms with Crippen LogP contribution in [0.2, 0.25) is 0 Å². The molecule has 3 fully saturated rings. The summed E-state index contributed by atoms with van der Waals surface area (Å²) in [6, 6.07) is 4.06. The quantitative estimate of drug-likeness (QED) is 0.0381. The van der Waals surface area contributed by atoms with Crippen molar-refractivity contribution < 1.29 is 98.7 Å². The molecular formula is C71H100CoN16O18P-. The van der Waals surface area contributed by atoms with E-state index < -0.39 is 174 Å². The average molecular weight is 1560 g/mol. The molecule has 107 heavy (non-hydrogen) atoms. The van der Waals surface area contributed by atoms with Crippen LogP contribution in [-0.2, 0) is 73.4 Å². The fourth-order valence-corrected chi connectivity index (χ4v) is 18.0. The zero-order valence-electron chi connectivity index (χ0n) is 61.9. The number of hydrogen-bond acceptors (Lipinski definition) is 24. The van der Waals surface area contributed by atoms with Crippen LogP contribution in [0.4, 0.5) is 5.82 Å². The molecule has 7 aliphatic rings. The summed E-state index contributed by atoms with van der Waals surface area (Å²) in [4.78, 5) is 143. The van der Waals surface area contributed by atoms with Crippen molar-refractivity contribution in [2.75, 3.05) is 18.9 Å². The first-order valence-corrected chi connectivity index (χ1v) is 36.7. The summed E-state index contributed by atoms with van der Waals surface area (Å²) in [6.45, 7) is 22.5. The Morgan fingerprint density at radius 2 is 1.36 bits per heavy atom. The Balaban J connectivity index is 0.000000746. The minimum absolute atomic E-state index is 0. The second-order valence-electron chi connectivity index (χ2n) is 30.6. The van der Waals surface area contributed by atoms with E-state index in [9.17, 15) is 68.2 Å². The van der Waals surface area contributed by atoms with Gasteiger partial charge in [-0.3, -0.25) is 57.7 Å². The molecule has 8 bridgehead atoms. The van der Waals surface area contributed by atoms with Crippen LogP contribution < -0.4 is 56.0 Å². The van der Waals surface area contributed by atoms with Gasteiger partial charge in [-0.15, -0.1) is 0 Å². The first-order chi connectivity index (χ1) is 49.3. The third-order valence-corrected chi connectivity index (χ3v) is 24.1. The largest absolute Gasteiger partial charge is 2.00 e. The summed E-state index contributed by atoms with van der Waals surface area (Å²) in [5.74, 6) is -7.32. The number of anilines is 1. The summed E-state index contributed by atoms with van der Waals surface area (Å²) >= 11 is 0. The fourth-order valence-electron chi connectivity index (χ4n) is 16.9. The van der Waals surface area contributed by atoms with Crippen molar-refractivity contribution in [2.24, 2.45) is 94.7 Å². The number of aliphatic hydroxyl groups excluding tert-OH is 4. The van der Waals surface area contributed by atoms with Gasteiger partial charge in [0, 0.05) is 115 Å². The van der Waals surface area contributed by atoms with Crippen LogP contribution in [-0.4, -0.2) is 165 Å². The molecule has 19 atom stereocenters. The molecule has 19 unspecified atom stereocenters. The molecule has 7 aliphatic heterocycles. The SMILES string of the molecule is CC1=C2N=C(C=C3N=C(C(C)=C4[N-]C(C(CC(N)=O)C4(C)CCC(=O)NCC(C)OP(=O)([O-])OC4C(CO)OC(n5cnc6cc(C)c(C)cc65)C4O)C4(C)N=C1C(CCC(N)=O)C4(C)CC(N)=O)C(CCC(N)=O)C3(C)C)C(CCC(N)=O)C2(C)CC(N)=O.[CH2-]C1OC(n2ccc(N)nc2=O)C(O)C1O.[Co+2]. The predicted molar refractivity (Wildman–Crippen MR) is 386 cm³/mol. The number of aryl methyl sites for hydroxylation is 2. The van der Waals surface area contributed by atoms with Gasteiger partial charge in [-0.05, 0) is 131 Å². The number of benzene rings is 1. The number of carbonyl (C=O) groups excluding carboxylic acids is 7. The number of imidazole rings is 1. The molecule has 587 valence electrons. The van der Waals surface area contributed by atoms with Crippen LogP contribution in [0.5, 0.6) is 0 Å². The number of nitrogen functional groups attached to an aromatic ring is 1. The van der Waals surface area contributed by atoms with Crippen molar-refractivity contribution in [1.82, 2.24) is 24.4 Å². The smallest absolute Gasteiger partial charge is 0.756 e. The average Bonchev–Trinajstić information content (AvgIpc) is 1.52. The van der Waals surface area contributed by atoms with E-state index in [0.717, 1.165) is 15.7 Å². The Labute approximate surface area is 629 Å². The number of fused-ring (bicyclic) bond motifs is 7. The zero-order valence-corrected chi connectivity index (χ0v) is 63.8. The number of rotatable bonds is 27. The number of phosphoric ester groups is 1. The Hall–Kier alpha value is -7.93. The molecule has 7 amide bonds. The van der Waals surface area contributed by atoms with Gasteiger partial charge in [0.05, 0.1) is 47.4 Å². The third kappa shape index (κ3) is 16.8. The number of aromatic nitrogens is 4. The molecule has 3 saturated heterocycles. The molecule has 0 aliphatic carbocycles. The molecule has 2 aromatic heterocycles. The Morgan fingerprint density at radius 1 is 0.766 bits per heavy atom. The topological polar surface area (TPSA) is 576 Å². The summed E-state index contributed by atoms with van der Waals surface area (Å²) < 4.78 is 38.1. The number of allylic oxidation sites excluding steroid dienone is 6. The van der Waals surface area contributed by atoms with Gasteiger partial charge in [-0.1, -0.05) is 40.7 Å². The molecule has 36 heteroatoms. The van der Waals surface area contributed by atoms with Crippen LogP contribution in [0.25, 0.3) is 16.4 Å². The van der Waals surface area contributed by atoms with Crippen LogP contribution in [0.3, 0.4) is 0 Å². The van der Waals surface area contributed by atoms with Gasteiger partial charge in [0.15, 0.2) is 12.5 Å². The fraction of sp³-hybridized carbons (Fsp3) is 0.606. The second-order valence-corrected chi connectivity index (χ2v) is 31.9. The van der Waals surface area contributed by atoms with Gasteiger partial charge < -0.3 is 106 Å². The van der Waals surface area contributed by atoms with Crippen LogP contribution >= 0.6 is 7.82 Å². The maximum absolute atomic E-state index is 14.4. The van der Waals surface area contributed by atoms with E-state index in [1.165, 1.54) is 30.1 Å². The van der Waals surface area contributed by atoms with Crippen molar-refractivity contribution in [3.8, 4) is 0 Å². The monoisotopic (exact) mass is 1550 g/mol. The number of aliphatic hydroxyl groups is 4.